The fraction of sp³-hybridized carbons (Fsp3) is 0.237. The second-order valence-corrected chi connectivity index (χ2v) is 26.6. The molecule has 0 heterocycles. The van der Waals surface area contributed by atoms with E-state index in [4.69, 9.17) is 27.4 Å². The average molecular weight is 730 g/mol. The molecule has 0 radical (unpaired) electrons. The Bertz CT molecular complexity index is 1720. The van der Waals surface area contributed by atoms with E-state index in [0.717, 1.165) is 29.3 Å². The van der Waals surface area contributed by atoms with E-state index < -0.39 is 18.3 Å². The third-order valence-corrected chi connectivity index (χ3v) is 26.5. The van der Waals surface area contributed by atoms with Crippen molar-refractivity contribution in [2.24, 2.45) is 11.3 Å². The summed E-state index contributed by atoms with van der Waals surface area (Å²) in [4.78, 5) is 0. The minimum absolute atomic E-state index is 0. The molecular formula is C38H40Cl4Zr. The molecule has 5 heteroatoms. The Morgan fingerprint density at radius 2 is 1.33 bits per heavy atom. The van der Waals surface area contributed by atoms with E-state index >= 15 is 0 Å². The number of hydrogen-bond acceptors (Lipinski definition) is 0. The first-order chi connectivity index (χ1) is 19.6. The summed E-state index contributed by atoms with van der Waals surface area (Å²) in [5, 5.41) is 1.50. The number of hydrogen-bond donors (Lipinski definition) is 0. The fourth-order valence-electron chi connectivity index (χ4n) is 7.49. The number of allylic oxidation sites excluding steroid dienone is 4. The topological polar surface area (TPSA) is 0 Å². The zero-order valence-corrected chi connectivity index (χ0v) is 30.9. The molecule has 4 aromatic rings. The van der Waals surface area contributed by atoms with Gasteiger partial charge in [-0.2, -0.15) is 0 Å². The summed E-state index contributed by atoms with van der Waals surface area (Å²) in [7, 11) is 0. The summed E-state index contributed by atoms with van der Waals surface area (Å²) < 4.78 is 11.3. The maximum absolute atomic E-state index is 6.56. The Morgan fingerprint density at radius 3 is 1.88 bits per heavy atom. The zero-order chi connectivity index (χ0) is 29.0. The molecule has 0 spiro atoms. The summed E-state index contributed by atoms with van der Waals surface area (Å²) in [5.74, 6) is 0.323. The summed E-state index contributed by atoms with van der Waals surface area (Å²) in [6, 6.07) is 33.2. The van der Waals surface area contributed by atoms with Crippen molar-refractivity contribution >= 4 is 62.0 Å². The van der Waals surface area contributed by atoms with E-state index in [1.807, 2.05) is 0 Å². The van der Waals surface area contributed by atoms with Gasteiger partial charge < -0.3 is 0 Å². The molecule has 4 aromatic carbocycles. The number of benzene rings is 4. The third kappa shape index (κ3) is 5.43. The van der Waals surface area contributed by atoms with Crippen molar-refractivity contribution in [1.29, 1.82) is 0 Å². The van der Waals surface area contributed by atoms with Crippen molar-refractivity contribution in [2.45, 2.75) is 47.0 Å². The van der Waals surface area contributed by atoms with E-state index in [0.29, 0.717) is 5.92 Å². The molecule has 224 valence electrons. The quantitative estimate of drug-likeness (QED) is 0.163. The van der Waals surface area contributed by atoms with Crippen LogP contribution in [-0.4, -0.2) is 4.21 Å². The minimum atomic E-state index is -4.92. The van der Waals surface area contributed by atoms with Crippen molar-refractivity contribution in [3.05, 3.63) is 133 Å². The normalized spacial score (nSPS) is 15.9. The second kappa shape index (κ2) is 12.6. The predicted molar refractivity (Wildman–Crippen MR) is 192 cm³/mol. The van der Waals surface area contributed by atoms with Crippen LogP contribution in [0.25, 0.3) is 11.1 Å². The first kappa shape index (κ1) is 34.2. The molecule has 1 atom stereocenters. The number of fused-ring (bicyclic) bond motifs is 3. The van der Waals surface area contributed by atoms with Gasteiger partial charge in [0.05, 0.1) is 0 Å². The molecule has 2 aliphatic carbocycles. The molecule has 0 fully saturated rings. The van der Waals surface area contributed by atoms with Crippen LogP contribution in [0.5, 0.6) is 0 Å². The van der Waals surface area contributed by atoms with Gasteiger partial charge in [-0.05, 0) is 0 Å². The molecule has 6 rings (SSSR count). The van der Waals surface area contributed by atoms with Gasteiger partial charge in [0.2, 0.25) is 0 Å². The van der Waals surface area contributed by atoms with Crippen LogP contribution in [0.15, 0.2) is 112 Å². The second-order valence-electron chi connectivity index (χ2n) is 13.0. The van der Waals surface area contributed by atoms with E-state index in [-0.39, 0.29) is 30.2 Å². The summed E-state index contributed by atoms with van der Waals surface area (Å²) in [6.07, 6.45) is 8.25. The van der Waals surface area contributed by atoms with Crippen molar-refractivity contribution in [3.8, 4) is 11.1 Å². The molecule has 2 aliphatic rings. The van der Waals surface area contributed by atoms with E-state index in [1.165, 1.54) is 40.9 Å². The molecule has 0 aromatic heterocycles. The van der Waals surface area contributed by atoms with Gasteiger partial charge in [0.25, 0.3) is 0 Å². The zero-order valence-electron chi connectivity index (χ0n) is 25.3. The van der Waals surface area contributed by atoms with Crippen LogP contribution in [0.2, 0.25) is 10.0 Å². The molecule has 0 aliphatic heterocycles. The molecule has 43 heavy (non-hydrogen) atoms. The van der Waals surface area contributed by atoms with Gasteiger partial charge in [-0.15, -0.1) is 24.8 Å². The Morgan fingerprint density at radius 1 is 0.767 bits per heavy atom. The molecule has 0 amide bonds. The van der Waals surface area contributed by atoms with Gasteiger partial charge in [0.15, 0.2) is 0 Å². The molecule has 0 N–H and O–H groups in total. The maximum atomic E-state index is 6.56. The summed E-state index contributed by atoms with van der Waals surface area (Å²) >= 11 is 8.20. The summed E-state index contributed by atoms with van der Waals surface area (Å²) in [5.41, 5.74) is 6.97. The van der Waals surface area contributed by atoms with E-state index in [2.05, 4.69) is 131 Å². The first-order valence-corrected chi connectivity index (χ1v) is 22.2. The number of rotatable bonds is 6. The van der Waals surface area contributed by atoms with Gasteiger partial charge in [-0.1, -0.05) is 0 Å². The standard InChI is InChI=1S/C13H9.C12H19.2C6H4Cl.CH2.2ClH.Zr/c1-3-7-12-10(5-1)9-11-6-2-4-8-13(11)12;1-5-6-10-7-8-11(9-10)12(2,3)4;2*7-6-4-2-1-3-5-6;;;;/h1-5,7-8H,9H2;8-10H,5-6H2,1-4H3;2*2-5H;1H2;2*1H;. The van der Waals surface area contributed by atoms with Crippen LogP contribution in [0.1, 0.15) is 51.7 Å². The molecule has 0 bridgehead atoms. The fourth-order valence-corrected chi connectivity index (χ4v) is 24.0. The van der Waals surface area contributed by atoms with E-state index in [1.54, 1.807) is 0 Å². The van der Waals surface area contributed by atoms with Gasteiger partial charge in [-0.25, -0.2) is 0 Å². The van der Waals surface area contributed by atoms with Gasteiger partial charge >= 0.3 is 258 Å². The average Bonchev–Trinajstić information content (AvgIpc) is 3.56. The van der Waals surface area contributed by atoms with Gasteiger partial charge in [0.1, 0.15) is 0 Å². The van der Waals surface area contributed by atoms with Gasteiger partial charge in [0, 0.05) is 0 Å². The third-order valence-electron chi connectivity index (χ3n) is 9.60. The van der Waals surface area contributed by atoms with Crippen molar-refractivity contribution in [1.82, 2.24) is 0 Å². The Labute approximate surface area is 280 Å². The van der Waals surface area contributed by atoms with Crippen LogP contribution in [-0.2, 0) is 24.7 Å². The van der Waals surface area contributed by atoms with Crippen LogP contribution >= 0.6 is 48.0 Å². The molecule has 1 unspecified atom stereocenters. The van der Waals surface area contributed by atoms with Crippen molar-refractivity contribution < 1.29 is 18.3 Å². The molecule has 0 saturated carbocycles. The van der Waals surface area contributed by atoms with Crippen LogP contribution in [0.4, 0.5) is 0 Å². The number of halogens is 4. The van der Waals surface area contributed by atoms with Crippen LogP contribution in [0.3, 0.4) is 0 Å². The molecular weight excluding hydrogens is 689 g/mol. The predicted octanol–water partition coefficient (Wildman–Crippen LogP) is 10.1. The summed E-state index contributed by atoms with van der Waals surface area (Å²) in [6.45, 7) is 9.29. The van der Waals surface area contributed by atoms with Crippen molar-refractivity contribution in [2.75, 3.05) is 0 Å². The van der Waals surface area contributed by atoms with Crippen LogP contribution < -0.4 is 9.81 Å². The molecule has 0 saturated heterocycles. The van der Waals surface area contributed by atoms with Crippen LogP contribution in [0, 0.1) is 11.3 Å². The van der Waals surface area contributed by atoms with Crippen molar-refractivity contribution in [3.63, 3.8) is 0 Å². The van der Waals surface area contributed by atoms with Gasteiger partial charge in [-0.3, -0.25) is 0 Å². The Balaban J connectivity index is 0.00000212. The van der Waals surface area contributed by atoms with E-state index in [9.17, 15) is 0 Å². The monoisotopic (exact) mass is 726 g/mol. The Hall–Kier alpha value is -1.73. The molecule has 0 nitrogen and oxygen atoms in total. The SMILES string of the molecule is Cl.Cl.[CH2]=[Zr]([C]1=CC(C(C)(C)C)=CC1CCC)([c]1ccc(Cl)cc1)([c]1ccc(Cl)cc1)[c]1cccc2c1Cc1ccccc1-2. The Kier molecular flexibility index (Phi) is 9.99. The first-order valence-electron chi connectivity index (χ1n) is 14.8.